The molecule has 0 aromatic heterocycles. The van der Waals surface area contributed by atoms with E-state index in [4.69, 9.17) is 14.2 Å². The molecule has 0 bridgehead atoms. The van der Waals surface area contributed by atoms with Crippen molar-refractivity contribution in [3.8, 4) is 17.2 Å². The molecule has 0 aliphatic carbocycles. The van der Waals surface area contributed by atoms with Crippen LogP contribution in [0.2, 0.25) is 0 Å². The molecule has 0 amide bonds. The van der Waals surface area contributed by atoms with Crippen molar-refractivity contribution < 1.29 is 23.7 Å². The molecular weight excluding hydrogens is 337 g/mol. The van der Waals surface area contributed by atoms with Crippen molar-refractivity contribution in [2.75, 3.05) is 32.8 Å². The van der Waals surface area contributed by atoms with Crippen LogP contribution in [0.15, 0.2) is 48.5 Å². The monoisotopic (exact) mass is 361 g/mol. The van der Waals surface area contributed by atoms with Crippen LogP contribution in [0.25, 0.3) is 0 Å². The second kappa shape index (κ2) is 8.87. The van der Waals surface area contributed by atoms with Crippen LogP contribution in [0.3, 0.4) is 0 Å². The van der Waals surface area contributed by atoms with Gasteiger partial charge in [-0.2, -0.15) is 0 Å². The number of para-hydroxylation sites is 3. The van der Waals surface area contributed by atoms with Crippen molar-refractivity contribution in [3.05, 3.63) is 54.3 Å². The van der Waals surface area contributed by atoms with Gasteiger partial charge in [-0.05, 0) is 30.8 Å². The number of halogens is 1. The number of ether oxygens (including phenoxy) is 3. The Hall–Kier alpha value is -2.31. The first-order chi connectivity index (χ1) is 12.7. The van der Waals surface area contributed by atoms with Gasteiger partial charge in [0.05, 0.1) is 0 Å². The summed E-state index contributed by atoms with van der Waals surface area (Å²) in [5, 5.41) is 10.2. The average Bonchev–Trinajstić information content (AvgIpc) is 2.66. The van der Waals surface area contributed by atoms with Crippen molar-refractivity contribution in [2.24, 2.45) is 0 Å². The Balaban J connectivity index is 1.47. The van der Waals surface area contributed by atoms with Gasteiger partial charge in [0.1, 0.15) is 25.4 Å². The summed E-state index contributed by atoms with van der Waals surface area (Å²) >= 11 is 0. The molecule has 3 rings (SSSR count). The molecule has 1 aliphatic heterocycles. The van der Waals surface area contributed by atoms with Crippen LogP contribution in [0, 0.1) is 5.82 Å². The molecular formula is C20H24FNO4. The SMILES string of the molecule is CCN(CC(O)COc1ccccc1F)CC1COc2ccccc2O1. The number of benzene rings is 2. The molecule has 1 aliphatic rings. The highest BCUT2D eigenvalue weighted by molar-refractivity contribution is 5.40. The molecule has 0 saturated carbocycles. The van der Waals surface area contributed by atoms with E-state index in [1.165, 1.54) is 6.07 Å². The van der Waals surface area contributed by atoms with E-state index in [9.17, 15) is 9.50 Å². The van der Waals surface area contributed by atoms with Crippen LogP contribution in [0.1, 0.15) is 6.92 Å². The minimum Gasteiger partial charge on any atom is -0.488 e. The fourth-order valence-corrected chi connectivity index (χ4v) is 2.87. The predicted octanol–water partition coefficient (Wildman–Crippen LogP) is 2.73. The predicted molar refractivity (Wildman–Crippen MR) is 96.4 cm³/mol. The molecule has 140 valence electrons. The molecule has 2 aromatic carbocycles. The van der Waals surface area contributed by atoms with Crippen molar-refractivity contribution in [1.82, 2.24) is 4.90 Å². The lowest BCUT2D eigenvalue weighted by Crippen LogP contribution is -2.44. The van der Waals surface area contributed by atoms with Crippen LogP contribution in [-0.4, -0.2) is 55.1 Å². The number of aliphatic hydroxyl groups excluding tert-OH is 1. The van der Waals surface area contributed by atoms with Gasteiger partial charge in [-0.1, -0.05) is 31.2 Å². The average molecular weight is 361 g/mol. The number of hydrogen-bond donors (Lipinski definition) is 1. The summed E-state index contributed by atoms with van der Waals surface area (Å²) in [7, 11) is 0. The zero-order valence-corrected chi connectivity index (χ0v) is 14.8. The van der Waals surface area contributed by atoms with Crippen LogP contribution < -0.4 is 14.2 Å². The Kier molecular flexibility index (Phi) is 6.30. The van der Waals surface area contributed by atoms with Gasteiger partial charge >= 0.3 is 0 Å². The summed E-state index contributed by atoms with van der Waals surface area (Å²) in [6.07, 6.45) is -0.837. The first-order valence-corrected chi connectivity index (χ1v) is 8.82. The maximum atomic E-state index is 13.6. The third-order valence-corrected chi connectivity index (χ3v) is 4.21. The van der Waals surface area contributed by atoms with Gasteiger partial charge in [0.25, 0.3) is 0 Å². The Bertz CT molecular complexity index is 712. The second-order valence-corrected chi connectivity index (χ2v) is 6.25. The first-order valence-electron chi connectivity index (χ1n) is 8.82. The molecule has 1 N–H and O–H groups in total. The molecule has 0 radical (unpaired) electrons. The molecule has 1 heterocycles. The minimum atomic E-state index is -0.730. The molecule has 5 nitrogen and oxygen atoms in total. The minimum absolute atomic E-state index is 0.0301. The molecule has 0 fully saturated rings. The van der Waals surface area contributed by atoms with Gasteiger partial charge in [-0.15, -0.1) is 0 Å². The summed E-state index contributed by atoms with van der Waals surface area (Å²) in [4.78, 5) is 2.07. The van der Waals surface area contributed by atoms with Gasteiger partial charge in [0.2, 0.25) is 0 Å². The summed E-state index contributed by atoms with van der Waals surface area (Å²) in [6.45, 7) is 4.30. The van der Waals surface area contributed by atoms with Gasteiger partial charge in [0, 0.05) is 13.1 Å². The largest absolute Gasteiger partial charge is 0.488 e. The molecule has 0 saturated heterocycles. The van der Waals surface area contributed by atoms with Crippen LogP contribution in [0.5, 0.6) is 17.2 Å². The van der Waals surface area contributed by atoms with Crippen molar-refractivity contribution in [2.45, 2.75) is 19.1 Å². The number of hydrogen-bond acceptors (Lipinski definition) is 5. The van der Waals surface area contributed by atoms with Gasteiger partial charge in [-0.3, -0.25) is 4.90 Å². The van der Waals surface area contributed by atoms with E-state index >= 15 is 0 Å². The topological polar surface area (TPSA) is 51.2 Å². The quantitative estimate of drug-likeness (QED) is 0.784. The maximum Gasteiger partial charge on any atom is 0.165 e. The van der Waals surface area contributed by atoms with Gasteiger partial charge < -0.3 is 19.3 Å². The fraction of sp³-hybridized carbons (Fsp3) is 0.400. The smallest absolute Gasteiger partial charge is 0.165 e. The van der Waals surface area contributed by atoms with Gasteiger partial charge in [0.15, 0.2) is 23.1 Å². The first kappa shape index (κ1) is 18.5. The van der Waals surface area contributed by atoms with E-state index < -0.39 is 11.9 Å². The van der Waals surface area contributed by atoms with E-state index in [1.54, 1.807) is 18.2 Å². The van der Waals surface area contributed by atoms with E-state index in [0.29, 0.717) is 19.7 Å². The standard InChI is InChI=1S/C20H24FNO4/c1-2-22(11-15(23)13-24-18-8-4-3-7-17(18)21)12-16-14-25-19-9-5-6-10-20(19)26-16/h3-10,15-16,23H,2,11-14H2,1H3. The van der Waals surface area contributed by atoms with Crippen molar-refractivity contribution in [3.63, 3.8) is 0 Å². The Morgan fingerprint density at radius 2 is 1.92 bits per heavy atom. The van der Waals surface area contributed by atoms with E-state index in [0.717, 1.165) is 18.0 Å². The summed E-state index contributed by atoms with van der Waals surface area (Å²) in [5.41, 5.74) is 0. The lowest BCUT2D eigenvalue weighted by atomic mass is 10.2. The van der Waals surface area contributed by atoms with Crippen LogP contribution in [0.4, 0.5) is 4.39 Å². The molecule has 2 unspecified atom stereocenters. The highest BCUT2D eigenvalue weighted by Crippen LogP contribution is 2.31. The zero-order valence-electron chi connectivity index (χ0n) is 14.8. The normalized spacial score (nSPS) is 17.2. The van der Waals surface area contributed by atoms with Crippen LogP contribution in [-0.2, 0) is 0 Å². The Morgan fingerprint density at radius 1 is 1.19 bits per heavy atom. The Labute approximate surface area is 152 Å². The Morgan fingerprint density at radius 3 is 2.69 bits per heavy atom. The second-order valence-electron chi connectivity index (χ2n) is 6.25. The molecule has 2 aromatic rings. The van der Waals surface area contributed by atoms with Crippen molar-refractivity contribution in [1.29, 1.82) is 0 Å². The number of fused-ring (bicyclic) bond motifs is 1. The van der Waals surface area contributed by atoms with Crippen molar-refractivity contribution >= 4 is 0 Å². The third kappa shape index (κ3) is 4.86. The summed E-state index contributed by atoms with van der Waals surface area (Å²) in [5.74, 6) is 1.21. The molecule has 2 atom stereocenters. The summed E-state index contributed by atoms with van der Waals surface area (Å²) < 4.78 is 30.6. The summed E-state index contributed by atoms with van der Waals surface area (Å²) in [6, 6.07) is 13.8. The maximum absolute atomic E-state index is 13.6. The highest BCUT2D eigenvalue weighted by atomic mass is 19.1. The number of nitrogens with zero attached hydrogens (tertiary/aromatic N) is 1. The lowest BCUT2D eigenvalue weighted by Gasteiger charge is -2.31. The molecule has 6 heteroatoms. The molecule has 26 heavy (non-hydrogen) atoms. The van der Waals surface area contributed by atoms with Crippen LogP contribution >= 0.6 is 0 Å². The fourth-order valence-electron chi connectivity index (χ4n) is 2.87. The van der Waals surface area contributed by atoms with Gasteiger partial charge in [-0.25, -0.2) is 4.39 Å². The number of likely N-dealkylation sites (N-methyl/N-ethyl adjacent to an activating group) is 1. The van der Waals surface area contributed by atoms with E-state index in [-0.39, 0.29) is 18.5 Å². The lowest BCUT2D eigenvalue weighted by molar-refractivity contribution is 0.0296. The number of rotatable bonds is 8. The van der Waals surface area contributed by atoms with E-state index in [1.807, 2.05) is 31.2 Å². The third-order valence-electron chi connectivity index (χ3n) is 4.21. The zero-order chi connectivity index (χ0) is 18.4. The number of aliphatic hydroxyl groups is 1. The van der Waals surface area contributed by atoms with E-state index in [2.05, 4.69) is 4.90 Å². The molecule has 0 spiro atoms. The highest BCUT2D eigenvalue weighted by Gasteiger charge is 2.23.